The van der Waals surface area contributed by atoms with Crippen LogP contribution in [0.3, 0.4) is 0 Å². The van der Waals surface area contributed by atoms with Crippen molar-refractivity contribution in [2.75, 3.05) is 13.1 Å². The summed E-state index contributed by atoms with van der Waals surface area (Å²) in [6, 6.07) is 2.89. The highest BCUT2D eigenvalue weighted by molar-refractivity contribution is 5.05. The zero-order valence-corrected chi connectivity index (χ0v) is 10.7. The Morgan fingerprint density at radius 1 is 1.41 bits per heavy atom. The Kier molecular flexibility index (Phi) is 5.01. The molecule has 0 spiro atoms. The summed E-state index contributed by atoms with van der Waals surface area (Å²) in [5.41, 5.74) is 1.01. The van der Waals surface area contributed by atoms with Gasteiger partial charge in [-0.25, -0.2) is 0 Å². The van der Waals surface area contributed by atoms with Crippen LogP contribution in [0.2, 0.25) is 0 Å². The SMILES string of the molecule is CCNCc1cc(CCCCNC2CC2)on1. The molecule has 1 fully saturated rings. The standard InChI is InChI=1S/C13H23N3O/c1-2-14-10-12-9-13(17-16-12)5-3-4-8-15-11-6-7-11/h9,11,14-15H,2-8,10H2,1H3. The Hall–Kier alpha value is -0.870. The summed E-state index contributed by atoms with van der Waals surface area (Å²) >= 11 is 0. The minimum absolute atomic E-state index is 0.809. The van der Waals surface area contributed by atoms with Crippen LogP contribution in [0.5, 0.6) is 0 Å². The molecular weight excluding hydrogens is 214 g/mol. The summed E-state index contributed by atoms with van der Waals surface area (Å²) in [5, 5.41) is 10.8. The molecular formula is C13H23N3O. The fourth-order valence-corrected chi connectivity index (χ4v) is 1.83. The van der Waals surface area contributed by atoms with E-state index in [0.717, 1.165) is 43.6 Å². The Bertz CT molecular complexity index is 320. The summed E-state index contributed by atoms with van der Waals surface area (Å²) in [6.07, 6.45) is 6.15. The molecule has 0 unspecified atom stereocenters. The van der Waals surface area contributed by atoms with Gasteiger partial charge in [-0.2, -0.15) is 0 Å². The fraction of sp³-hybridized carbons (Fsp3) is 0.769. The van der Waals surface area contributed by atoms with E-state index in [1.165, 1.54) is 25.7 Å². The number of unbranched alkanes of at least 4 members (excludes halogenated alkanes) is 1. The lowest BCUT2D eigenvalue weighted by molar-refractivity contribution is 0.371. The Labute approximate surface area is 103 Å². The van der Waals surface area contributed by atoms with Gasteiger partial charge in [0.15, 0.2) is 0 Å². The van der Waals surface area contributed by atoms with E-state index in [1.54, 1.807) is 0 Å². The number of hydrogen-bond acceptors (Lipinski definition) is 4. The van der Waals surface area contributed by atoms with Crippen molar-refractivity contribution in [3.05, 3.63) is 17.5 Å². The van der Waals surface area contributed by atoms with Crippen molar-refractivity contribution in [2.24, 2.45) is 0 Å². The summed E-state index contributed by atoms with van der Waals surface area (Å²) in [7, 11) is 0. The van der Waals surface area contributed by atoms with Crippen LogP contribution >= 0.6 is 0 Å². The van der Waals surface area contributed by atoms with E-state index in [-0.39, 0.29) is 0 Å². The number of rotatable bonds is 9. The van der Waals surface area contributed by atoms with Crippen LogP contribution in [0.4, 0.5) is 0 Å². The van der Waals surface area contributed by atoms with E-state index in [0.29, 0.717) is 0 Å². The third-order valence-electron chi connectivity index (χ3n) is 3.02. The lowest BCUT2D eigenvalue weighted by Gasteiger charge is -2.00. The van der Waals surface area contributed by atoms with Gasteiger partial charge in [-0.15, -0.1) is 0 Å². The highest BCUT2D eigenvalue weighted by Gasteiger charge is 2.19. The molecule has 0 atom stereocenters. The highest BCUT2D eigenvalue weighted by atomic mass is 16.5. The van der Waals surface area contributed by atoms with Crippen LogP contribution in [0, 0.1) is 0 Å². The maximum absolute atomic E-state index is 5.29. The predicted octanol–water partition coefficient (Wildman–Crippen LogP) is 1.86. The first-order valence-electron chi connectivity index (χ1n) is 6.77. The van der Waals surface area contributed by atoms with Crippen LogP contribution in [0.25, 0.3) is 0 Å². The topological polar surface area (TPSA) is 50.1 Å². The van der Waals surface area contributed by atoms with Gasteiger partial charge in [0.1, 0.15) is 5.76 Å². The lowest BCUT2D eigenvalue weighted by atomic mass is 10.2. The number of hydrogen-bond donors (Lipinski definition) is 2. The van der Waals surface area contributed by atoms with Gasteiger partial charge in [-0.05, 0) is 38.8 Å². The zero-order valence-electron chi connectivity index (χ0n) is 10.7. The predicted molar refractivity (Wildman–Crippen MR) is 67.8 cm³/mol. The molecule has 4 nitrogen and oxygen atoms in total. The molecule has 0 saturated heterocycles. The first kappa shape index (κ1) is 12.6. The van der Waals surface area contributed by atoms with Crippen molar-refractivity contribution in [1.29, 1.82) is 0 Å². The lowest BCUT2D eigenvalue weighted by Crippen LogP contribution is -2.17. The molecule has 2 rings (SSSR count). The molecule has 1 aliphatic carbocycles. The second-order valence-electron chi connectivity index (χ2n) is 4.75. The van der Waals surface area contributed by atoms with E-state index >= 15 is 0 Å². The van der Waals surface area contributed by atoms with E-state index in [9.17, 15) is 0 Å². The van der Waals surface area contributed by atoms with Gasteiger partial charge in [0.05, 0.1) is 5.69 Å². The average molecular weight is 237 g/mol. The van der Waals surface area contributed by atoms with Crippen molar-refractivity contribution in [3.63, 3.8) is 0 Å². The van der Waals surface area contributed by atoms with E-state index < -0.39 is 0 Å². The summed E-state index contributed by atoms with van der Waals surface area (Å²) in [6.45, 7) is 5.01. The molecule has 0 amide bonds. The third kappa shape index (κ3) is 4.88. The Morgan fingerprint density at radius 2 is 2.29 bits per heavy atom. The van der Waals surface area contributed by atoms with E-state index in [4.69, 9.17) is 4.52 Å². The van der Waals surface area contributed by atoms with Gasteiger partial charge < -0.3 is 15.2 Å². The smallest absolute Gasteiger partial charge is 0.137 e. The number of aromatic nitrogens is 1. The molecule has 1 heterocycles. The number of nitrogens with one attached hydrogen (secondary N) is 2. The highest BCUT2D eigenvalue weighted by Crippen LogP contribution is 2.18. The van der Waals surface area contributed by atoms with E-state index in [2.05, 4.69) is 28.8 Å². The number of aryl methyl sites for hydroxylation is 1. The Morgan fingerprint density at radius 3 is 3.06 bits per heavy atom. The van der Waals surface area contributed by atoms with Crippen molar-refractivity contribution < 1.29 is 4.52 Å². The second kappa shape index (κ2) is 6.77. The summed E-state index contributed by atoms with van der Waals surface area (Å²) < 4.78 is 5.29. The third-order valence-corrected chi connectivity index (χ3v) is 3.02. The summed E-state index contributed by atoms with van der Waals surface area (Å²) in [4.78, 5) is 0. The van der Waals surface area contributed by atoms with Crippen LogP contribution in [-0.4, -0.2) is 24.3 Å². The summed E-state index contributed by atoms with van der Waals surface area (Å²) in [5.74, 6) is 1.02. The van der Waals surface area contributed by atoms with Crippen molar-refractivity contribution in [3.8, 4) is 0 Å². The van der Waals surface area contributed by atoms with Gasteiger partial charge in [-0.1, -0.05) is 12.1 Å². The largest absolute Gasteiger partial charge is 0.361 e. The molecule has 17 heavy (non-hydrogen) atoms. The molecule has 96 valence electrons. The van der Waals surface area contributed by atoms with Crippen LogP contribution in [-0.2, 0) is 13.0 Å². The van der Waals surface area contributed by atoms with Crippen LogP contribution in [0.1, 0.15) is 44.1 Å². The normalized spacial score (nSPS) is 15.4. The maximum atomic E-state index is 5.29. The van der Waals surface area contributed by atoms with Gasteiger partial charge in [0.25, 0.3) is 0 Å². The maximum Gasteiger partial charge on any atom is 0.137 e. The second-order valence-corrected chi connectivity index (χ2v) is 4.75. The van der Waals surface area contributed by atoms with Crippen molar-refractivity contribution in [1.82, 2.24) is 15.8 Å². The van der Waals surface area contributed by atoms with Gasteiger partial charge in [-0.3, -0.25) is 0 Å². The molecule has 0 radical (unpaired) electrons. The average Bonchev–Trinajstić information content (AvgIpc) is 3.05. The minimum Gasteiger partial charge on any atom is -0.361 e. The monoisotopic (exact) mass is 237 g/mol. The number of nitrogens with zero attached hydrogens (tertiary/aromatic N) is 1. The first-order valence-corrected chi connectivity index (χ1v) is 6.77. The molecule has 2 N–H and O–H groups in total. The van der Waals surface area contributed by atoms with Gasteiger partial charge in [0.2, 0.25) is 0 Å². The molecule has 0 aliphatic heterocycles. The minimum atomic E-state index is 0.809. The van der Waals surface area contributed by atoms with Crippen LogP contribution < -0.4 is 10.6 Å². The van der Waals surface area contributed by atoms with Gasteiger partial charge >= 0.3 is 0 Å². The van der Waals surface area contributed by atoms with E-state index in [1.807, 2.05) is 0 Å². The fourth-order valence-electron chi connectivity index (χ4n) is 1.83. The van der Waals surface area contributed by atoms with Gasteiger partial charge in [0, 0.05) is 25.1 Å². The van der Waals surface area contributed by atoms with Crippen molar-refractivity contribution in [2.45, 2.75) is 51.6 Å². The molecule has 0 bridgehead atoms. The molecule has 1 aromatic rings. The Balaban J connectivity index is 1.55. The molecule has 1 saturated carbocycles. The first-order chi connectivity index (χ1) is 8.38. The molecule has 1 aromatic heterocycles. The van der Waals surface area contributed by atoms with Crippen molar-refractivity contribution >= 4 is 0 Å². The molecule has 1 aliphatic rings. The zero-order chi connectivity index (χ0) is 11.9. The quantitative estimate of drug-likeness (QED) is 0.644. The molecule has 4 heteroatoms. The van der Waals surface area contributed by atoms with Crippen LogP contribution in [0.15, 0.2) is 10.6 Å². The molecule has 0 aromatic carbocycles.